The van der Waals surface area contributed by atoms with Crippen LogP contribution in [0.15, 0.2) is 48.5 Å². The van der Waals surface area contributed by atoms with E-state index in [1.807, 2.05) is 31.2 Å². The van der Waals surface area contributed by atoms with E-state index in [2.05, 4.69) is 16.0 Å². The van der Waals surface area contributed by atoms with Crippen LogP contribution in [0.2, 0.25) is 0 Å². The van der Waals surface area contributed by atoms with Crippen molar-refractivity contribution in [2.24, 2.45) is 0 Å². The molecule has 1 fully saturated rings. The van der Waals surface area contributed by atoms with Crippen molar-refractivity contribution >= 4 is 29.9 Å². The molecule has 1 atom stereocenters. The van der Waals surface area contributed by atoms with Gasteiger partial charge in [-0.05, 0) is 50.6 Å². The molecule has 0 aliphatic carbocycles. The Labute approximate surface area is 160 Å². The van der Waals surface area contributed by atoms with E-state index in [1.54, 1.807) is 24.3 Å². The molecule has 0 spiro atoms. The molecular weight excluding hydrogens is 350 g/mol. The molecule has 2 aromatic rings. The first-order valence-corrected chi connectivity index (χ1v) is 8.62. The summed E-state index contributed by atoms with van der Waals surface area (Å²) >= 11 is 0. The number of rotatable bonds is 4. The lowest BCUT2D eigenvalue weighted by atomic mass is 10.1. The largest absolute Gasteiger partial charge is 0.348 e. The number of hydrogen-bond donors (Lipinski definition) is 3. The highest BCUT2D eigenvalue weighted by Crippen LogP contribution is 2.17. The first-order chi connectivity index (χ1) is 12.1. The fourth-order valence-corrected chi connectivity index (χ4v) is 3.01. The van der Waals surface area contributed by atoms with Gasteiger partial charge in [0.2, 0.25) is 0 Å². The van der Waals surface area contributed by atoms with Crippen LogP contribution in [-0.2, 0) is 0 Å². The Hall–Kier alpha value is -2.37. The van der Waals surface area contributed by atoms with Gasteiger partial charge in [0.25, 0.3) is 11.8 Å². The fraction of sp³-hybridized carbons (Fsp3) is 0.300. The van der Waals surface area contributed by atoms with Gasteiger partial charge >= 0.3 is 0 Å². The van der Waals surface area contributed by atoms with E-state index in [1.165, 1.54) is 0 Å². The van der Waals surface area contributed by atoms with Crippen molar-refractivity contribution < 1.29 is 9.59 Å². The smallest absolute Gasteiger partial charge is 0.255 e. The molecule has 6 heteroatoms. The fourth-order valence-electron chi connectivity index (χ4n) is 3.01. The summed E-state index contributed by atoms with van der Waals surface area (Å²) in [5, 5.41) is 9.18. The van der Waals surface area contributed by atoms with Gasteiger partial charge in [-0.15, -0.1) is 12.4 Å². The number of para-hydroxylation sites is 1. The van der Waals surface area contributed by atoms with E-state index in [9.17, 15) is 9.59 Å². The second-order valence-corrected chi connectivity index (χ2v) is 6.39. The van der Waals surface area contributed by atoms with Crippen molar-refractivity contribution in [1.82, 2.24) is 10.6 Å². The third kappa shape index (κ3) is 5.07. The maximum absolute atomic E-state index is 12.6. The molecule has 0 bridgehead atoms. The van der Waals surface area contributed by atoms with Crippen LogP contribution >= 0.6 is 12.4 Å². The zero-order chi connectivity index (χ0) is 17.6. The topological polar surface area (TPSA) is 70.2 Å². The Bertz CT molecular complexity index is 773. The monoisotopic (exact) mass is 373 g/mol. The molecule has 2 aromatic carbocycles. The number of piperidine rings is 1. The second kappa shape index (κ2) is 9.36. The summed E-state index contributed by atoms with van der Waals surface area (Å²) in [6.45, 7) is 3.72. The van der Waals surface area contributed by atoms with Crippen LogP contribution in [0.1, 0.15) is 39.1 Å². The first-order valence-electron chi connectivity index (χ1n) is 8.62. The van der Waals surface area contributed by atoms with E-state index >= 15 is 0 Å². The van der Waals surface area contributed by atoms with E-state index in [4.69, 9.17) is 0 Å². The lowest BCUT2D eigenvalue weighted by Gasteiger charge is -2.24. The Balaban J connectivity index is 0.00000243. The number of nitrogens with one attached hydrogen (secondary N) is 3. The summed E-state index contributed by atoms with van der Waals surface area (Å²) in [6, 6.07) is 14.6. The second-order valence-electron chi connectivity index (χ2n) is 6.39. The third-order valence-electron chi connectivity index (χ3n) is 4.33. The van der Waals surface area contributed by atoms with Crippen LogP contribution in [-0.4, -0.2) is 30.9 Å². The Kier molecular flexibility index (Phi) is 7.18. The Morgan fingerprint density at radius 1 is 1.08 bits per heavy atom. The maximum Gasteiger partial charge on any atom is 0.255 e. The predicted octanol–water partition coefficient (Wildman–Crippen LogP) is 3.15. The molecule has 5 nitrogen and oxygen atoms in total. The van der Waals surface area contributed by atoms with Gasteiger partial charge in [0.05, 0.1) is 11.3 Å². The van der Waals surface area contributed by atoms with Gasteiger partial charge in [-0.25, -0.2) is 0 Å². The number of amides is 2. The standard InChI is InChI=1S/C20H23N3O2.ClH/c1-14-6-4-7-15(12-14)19(24)23-18-10-3-2-9-17(18)20(25)22-16-8-5-11-21-13-16;/h2-4,6-7,9-10,12,16,21H,5,8,11,13H2,1H3,(H,22,25)(H,23,24);1H. The van der Waals surface area contributed by atoms with E-state index < -0.39 is 0 Å². The number of anilines is 1. The van der Waals surface area contributed by atoms with Crippen molar-refractivity contribution in [3.05, 3.63) is 65.2 Å². The van der Waals surface area contributed by atoms with E-state index in [0.717, 1.165) is 31.5 Å². The minimum absolute atomic E-state index is 0. The summed E-state index contributed by atoms with van der Waals surface area (Å²) in [4.78, 5) is 25.1. The average molecular weight is 374 g/mol. The van der Waals surface area contributed by atoms with Crippen LogP contribution in [0, 0.1) is 6.92 Å². The molecule has 1 heterocycles. The van der Waals surface area contributed by atoms with Crippen LogP contribution < -0.4 is 16.0 Å². The minimum Gasteiger partial charge on any atom is -0.348 e. The SMILES string of the molecule is Cc1cccc(C(=O)Nc2ccccc2C(=O)NC2CCCNC2)c1.Cl. The van der Waals surface area contributed by atoms with Gasteiger partial charge in [-0.3, -0.25) is 9.59 Å². The number of carbonyl (C=O) groups is 2. The quantitative estimate of drug-likeness (QED) is 0.771. The van der Waals surface area contributed by atoms with Crippen molar-refractivity contribution in [2.45, 2.75) is 25.8 Å². The molecule has 26 heavy (non-hydrogen) atoms. The molecule has 1 unspecified atom stereocenters. The Morgan fingerprint density at radius 3 is 2.62 bits per heavy atom. The highest BCUT2D eigenvalue weighted by atomic mass is 35.5. The third-order valence-corrected chi connectivity index (χ3v) is 4.33. The molecule has 1 aliphatic heterocycles. The number of aryl methyl sites for hydroxylation is 1. The average Bonchev–Trinajstić information content (AvgIpc) is 2.63. The van der Waals surface area contributed by atoms with Gasteiger partial charge in [0.15, 0.2) is 0 Å². The Morgan fingerprint density at radius 2 is 1.88 bits per heavy atom. The summed E-state index contributed by atoms with van der Waals surface area (Å²) in [6.07, 6.45) is 2.02. The number of hydrogen-bond acceptors (Lipinski definition) is 3. The minimum atomic E-state index is -0.219. The first kappa shape index (κ1) is 19.9. The number of carbonyl (C=O) groups excluding carboxylic acids is 2. The highest BCUT2D eigenvalue weighted by Gasteiger charge is 2.19. The highest BCUT2D eigenvalue weighted by molar-refractivity contribution is 6.09. The van der Waals surface area contributed by atoms with Gasteiger partial charge in [-0.2, -0.15) is 0 Å². The van der Waals surface area contributed by atoms with Crippen LogP contribution in [0.5, 0.6) is 0 Å². The summed E-state index contributed by atoms with van der Waals surface area (Å²) in [5.41, 5.74) is 2.60. The van der Waals surface area contributed by atoms with Crippen molar-refractivity contribution in [2.75, 3.05) is 18.4 Å². The van der Waals surface area contributed by atoms with Gasteiger partial charge in [0.1, 0.15) is 0 Å². The van der Waals surface area contributed by atoms with Crippen molar-refractivity contribution in [3.63, 3.8) is 0 Å². The van der Waals surface area contributed by atoms with E-state index in [-0.39, 0.29) is 30.3 Å². The van der Waals surface area contributed by atoms with Crippen molar-refractivity contribution in [1.29, 1.82) is 0 Å². The molecular formula is C20H24ClN3O2. The van der Waals surface area contributed by atoms with Gasteiger partial charge in [-0.1, -0.05) is 29.8 Å². The molecule has 1 aliphatic rings. The number of halogens is 1. The molecule has 1 saturated heterocycles. The van der Waals surface area contributed by atoms with Gasteiger partial charge < -0.3 is 16.0 Å². The summed E-state index contributed by atoms with van der Waals surface area (Å²) in [5.74, 6) is -0.378. The zero-order valence-electron chi connectivity index (χ0n) is 14.7. The summed E-state index contributed by atoms with van der Waals surface area (Å²) in [7, 11) is 0. The van der Waals surface area contributed by atoms with Crippen LogP contribution in [0.4, 0.5) is 5.69 Å². The maximum atomic E-state index is 12.6. The normalized spacial score (nSPS) is 16.3. The zero-order valence-corrected chi connectivity index (χ0v) is 15.6. The van der Waals surface area contributed by atoms with E-state index in [0.29, 0.717) is 16.8 Å². The molecule has 3 N–H and O–H groups in total. The summed E-state index contributed by atoms with van der Waals surface area (Å²) < 4.78 is 0. The molecule has 0 saturated carbocycles. The molecule has 2 amide bonds. The molecule has 138 valence electrons. The van der Waals surface area contributed by atoms with Crippen molar-refractivity contribution in [3.8, 4) is 0 Å². The molecule has 0 aromatic heterocycles. The van der Waals surface area contributed by atoms with Crippen LogP contribution in [0.25, 0.3) is 0 Å². The lowest BCUT2D eigenvalue weighted by Crippen LogP contribution is -2.45. The predicted molar refractivity (Wildman–Crippen MR) is 106 cm³/mol. The molecule has 3 rings (SSSR count). The number of benzene rings is 2. The van der Waals surface area contributed by atoms with Crippen LogP contribution in [0.3, 0.4) is 0 Å². The van der Waals surface area contributed by atoms with Gasteiger partial charge in [0, 0.05) is 18.2 Å². The lowest BCUT2D eigenvalue weighted by molar-refractivity contribution is 0.0931. The molecule has 0 radical (unpaired) electrons.